The Morgan fingerprint density at radius 3 is 2.35 bits per heavy atom. The number of anilines is 1. The number of nitrogens with one attached hydrogen (secondary N) is 1. The maximum absolute atomic E-state index is 14.3. The number of rotatable bonds is 10. The van der Waals surface area contributed by atoms with Gasteiger partial charge in [0.2, 0.25) is 0 Å². The smallest absolute Gasteiger partial charge is 0.356 e. The first-order chi connectivity index (χ1) is 23.2. The number of fused-ring (bicyclic) bond motifs is 1. The average Bonchev–Trinajstić information content (AvgIpc) is 3.65. The van der Waals surface area contributed by atoms with Gasteiger partial charge < -0.3 is 30.1 Å². The molecule has 48 heavy (non-hydrogen) atoms. The number of carbonyl (C=O) groups is 4. The van der Waals surface area contributed by atoms with E-state index in [0.29, 0.717) is 5.57 Å². The second-order valence-corrected chi connectivity index (χ2v) is 12.6. The maximum atomic E-state index is 14.3. The number of benzene rings is 2. The van der Waals surface area contributed by atoms with Crippen molar-refractivity contribution in [3.8, 4) is 0 Å². The number of allylic oxidation sites excluding steroid dienone is 1. The Balaban J connectivity index is 1.35. The Kier molecular flexibility index (Phi) is 9.32. The van der Waals surface area contributed by atoms with Gasteiger partial charge in [-0.25, -0.2) is 14.6 Å². The van der Waals surface area contributed by atoms with Crippen LogP contribution >= 0.6 is 23.1 Å². The molecule has 0 unspecified atom stereocenters. The van der Waals surface area contributed by atoms with E-state index in [4.69, 9.17) is 24.8 Å². The number of thioether (sulfide) groups is 1. The Morgan fingerprint density at radius 2 is 1.77 bits per heavy atom. The van der Waals surface area contributed by atoms with Gasteiger partial charge in [0.1, 0.15) is 29.9 Å². The number of hydrogen-bond donors (Lipinski definition) is 2. The van der Waals surface area contributed by atoms with Crippen molar-refractivity contribution in [2.24, 2.45) is 5.16 Å². The molecule has 0 radical (unpaired) electrons. The molecule has 0 bridgehead atoms. The number of carbonyl (C=O) groups excluding carboxylic acids is 4. The Bertz CT molecular complexity index is 1860. The Labute approximate surface area is 283 Å². The topological polar surface area (TPSA) is 172 Å². The molecule has 0 aliphatic carbocycles. The Morgan fingerprint density at radius 1 is 1.10 bits per heavy atom. The molecule has 3 aliphatic rings. The van der Waals surface area contributed by atoms with E-state index >= 15 is 0 Å². The molecule has 2 aromatic carbocycles. The molecular weight excluding hydrogens is 659 g/mol. The van der Waals surface area contributed by atoms with Gasteiger partial charge in [0, 0.05) is 11.1 Å². The lowest BCUT2D eigenvalue weighted by molar-refractivity contribution is -0.154. The predicted octanol–water partition coefficient (Wildman–Crippen LogP) is 3.42. The average molecular weight is 688 g/mol. The van der Waals surface area contributed by atoms with Gasteiger partial charge >= 0.3 is 11.9 Å². The highest BCUT2D eigenvalue weighted by Crippen LogP contribution is 2.43. The van der Waals surface area contributed by atoms with Crippen molar-refractivity contribution < 1.29 is 38.2 Å². The highest BCUT2D eigenvalue weighted by molar-refractivity contribution is 8.00. The van der Waals surface area contributed by atoms with Gasteiger partial charge in [0.05, 0.1) is 12.7 Å². The summed E-state index contributed by atoms with van der Waals surface area (Å²) in [7, 11) is 2.68. The molecule has 6 rings (SSSR count). The molecule has 3 N–H and O–H groups in total. The molecule has 13 nitrogen and oxygen atoms in total. The van der Waals surface area contributed by atoms with Crippen LogP contribution in [0.3, 0.4) is 0 Å². The van der Waals surface area contributed by atoms with Crippen LogP contribution in [0.25, 0.3) is 0 Å². The quantitative estimate of drug-likeness (QED) is 0.139. The van der Waals surface area contributed by atoms with Crippen LogP contribution in [0.15, 0.2) is 106 Å². The van der Waals surface area contributed by atoms with Gasteiger partial charge in [-0.15, -0.1) is 23.1 Å². The molecule has 2 amide bonds. The van der Waals surface area contributed by atoms with Crippen LogP contribution in [0.4, 0.5) is 5.13 Å². The van der Waals surface area contributed by atoms with E-state index in [0.717, 1.165) is 22.5 Å². The van der Waals surface area contributed by atoms with Crippen LogP contribution < -0.4 is 11.1 Å². The summed E-state index contributed by atoms with van der Waals surface area (Å²) >= 11 is 2.42. The van der Waals surface area contributed by atoms with Crippen molar-refractivity contribution in [3.05, 3.63) is 117 Å². The van der Waals surface area contributed by atoms with E-state index in [1.54, 1.807) is 12.3 Å². The molecule has 1 aromatic heterocycles. The molecule has 4 heterocycles. The van der Waals surface area contributed by atoms with Crippen molar-refractivity contribution in [2.75, 3.05) is 25.7 Å². The first kappa shape index (κ1) is 32.5. The van der Waals surface area contributed by atoms with E-state index in [9.17, 15) is 19.2 Å². The fourth-order valence-electron chi connectivity index (χ4n) is 5.40. The zero-order chi connectivity index (χ0) is 33.9. The fraction of sp³-hybridized carbons (Fsp3) is 0.212. The van der Waals surface area contributed by atoms with Crippen LogP contribution in [-0.2, 0) is 38.2 Å². The lowest BCUT2D eigenvalue weighted by Crippen LogP contribution is -2.71. The third-order valence-corrected chi connectivity index (χ3v) is 9.63. The number of hydrogen-bond acceptors (Lipinski definition) is 13. The molecule has 15 heteroatoms. The van der Waals surface area contributed by atoms with Crippen LogP contribution in [0, 0.1) is 0 Å². The van der Waals surface area contributed by atoms with Crippen molar-refractivity contribution in [1.82, 2.24) is 15.2 Å². The van der Waals surface area contributed by atoms with Gasteiger partial charge in [-0.05, 0) is 29.7 Å². The molecule has 3 aliphatic heterocycles. The minimum atomic E-state index is -1.02. The minimum Gasteiger partial charge on any atom is -0.492 e. The monoisotopic (exact) mass is 687 g/mol. The van der Waals surface area contributed by atoms with Crippen LogP contribution in [0.2, 0.25) is 0 Å². The fourth-order valence-corrected chi connectivity index (χ4v) is 7.25. The molecule has 1 saturated heterocycles. The highest BCUT2D eigenvalue weighted by Gasteiger charge is 2.55. The maximum Gasteiger partial charge on any atom is 0.356 e. The zero-order valence-electron chi connectivity index (χ0n) is 25.9. The molecule has 1 fully saturated rings. The van der Waals surface area contributed by atoms with Crippen molar-refractivity contribution in [3.63, 3.8) is 0 Å². The first-order valence-corrected chi connectivity index (χ1v) is 16.5. The number of nitrogen functional groups attached to an aromatic ring is 1. The first-order valence-electron chi connectivity index (χ1n) is 14.5. The van der Waals surface area contributed by atoms with E-state index in [1.807, 2.05) is 60.7 Å². The standard InChI is InChI=1S/C33H29N5O8S2/c1-17-26(43-2)22(45-31(17)41)14-20-15-47-30-24(36-28(39)23(37-44-3)21-16-48-33(34)35-21)29(40)38(30)25(20)32(42)46-27(18-10-6-4-7-11-18)19-12-8-5-9-13-19/h4-14,16,24,27,30H,15H2,1-3H3,(H2,34,35)(H,36,39)/b22-14-,37-23-/t24-,30+/m1/s1. The SMILES string of the molecule is CO/N=C(\C(=O)N[C@@H]1C(=O)N2C(C(=O)OC(c3ccccc3)c3ccccc3)=C(/C=C3\OC(=O)C(C)=C3OC)CS[C@@H]12)c1csc(N)n1. The van der Waals surface area contributed by atoms with Crippen LogP contribution in [0.1, 0.15) is 29.8 Å². The number of β-lactam (4-membered cyclic amide) rings is 1. The largest absolute Gasteiger partial charge is 0.492 e. The van der Waals surface area contributed by atoms with Gasteiger partial charge in [0.15, 0.2) is 28.5 Å². The summed E-state index contributed by atoms with van der Waals surface area (Å²) in [6, 6.07) is 17.4. The van der Waals surface area contributed by atoms with Crippen molar-refractivity contribution >= 4 is 57.7 Å². The summed E-state index contributed by atoms with van der Waals surface area (Å²) in [4.78, 5) is 64.0. The number of ether oxygens (including phenoxy) is 3. The number of methoxy groups -OCH3 is 1. The summed E-state index contributed by atoms with van der Waals surface area (Å²) in [5, 5.41) is 7.59. The highest BCUT2D eigenvalue weighted by atomic mass is 32.2. The second-order valence-electron chi connectivity index (χ2n) is 10.6. The summed E-state index contributed by atoms with van der Waals surface area (Å²) in [6.45, 7) is 1.56. The zero-order valence-corrected chi connectivity index (χ0v) is 27.5. The number of amides is 2. The molecule has 246 valence electrons. The molecule has 0 spiro atoms. The number of nitrogens with zero attached hydrogens (tertiary/aromatic N) is 3. The van der Waals surface area contributed by atoms with Crippen molar-refractivity contribution in [1.29, 1.82) is 0 Å². The number of esters is 2. The van der Waals surface area contributed by atoms with E-state index in [1.165, 1.54) is 37.0 Å². The normalized spacial score (nSPS) is 20.0. The van der Waals surface area contributed by atoms with Gasteiger partial charge in [0.25, 0.3) is 11.8 Å². The van der Waals surface area contributed by atoms with Crippen LogP contribution in [-0.4, -0.2) is 70.7 Å². The molecule has 2 atom stereocenters. The van der Waals surface area contributed by atoms with Gasteiger partial charge in [-0.1, -0.05) is 65.8 Å². The predicted molar refractivity (Wildman–Crippen MR) is 177 cm³/mol. The number of cyclic esters (lactones) is 1. The van der Waals surface area contributed by atoms with Gasteiger partial charge in [-0.2, -0.15) is 0 Å². The van der Waals surface area contributed by atoms with E-state index in [2.05, 4.69) is 15.5 Å². The number of nitrogens with two attached hydrogens (primary N) is 1. The third-order valence-electron chi connectivity index (χ3n) is 7.65. The molecular formula is C33H29N5O8S2. The second kappa shape index (κ2) is 13.8. The summed E-state index contributed by atoms with van der Waals surface area (Å²) in [6.07, 6.45) is 0.697. The third kappa shape index (κ3) is 6.16. The number of thiazole rings is 1. The number of oxime groups is 1. The molecule has 3 aromatic rings. The molecule has 0 saturated carbocycles. The van der Waals surface area contributed by atoms with E-state index < -0.39 is 41.3 Å². The summed E-state index contributed by atoms with van der Waals surface area (Å²) in [5.74, 6) is -2.13. The lowest BCUT2D eigenvalue weighted by Gasteiger charge is -2.49. The Hall–Kier alpha value is -5.41. The van der Waals surface area contributed by atoms with E-state index in [-0.39, 0.29) is 45.1 Å². The van der Waals surface area contributed by atoms with Gasteiger partial charge in [-0.3, -0.25) is 14.5 Å². The minimum absolute atomic E-state index is 0.0484. The summed E-state index contributed by atoms with van der Waals surface area (Å²) < 4.78 is 17.0. The summed E-state index contributed by atoms with van der Waals surface area (Å²) in [5.41, 5.74) is 7.79. The van der Waals surface area contributed by atoms with Crippen LogP contribution in [0.5, 0.6) is 0 Å². The van der Waals surface area contributed by atoms with Crippen molar-refractivity contribution in [2.45, 2.75) is 24.4 Å². The lowest BCUT2D eigenvalue weighted by atomic mass is 10.00. The number of aromatic nitrogens is 1.